The second-order valence-corrected chi connectivity index (χ2v) is 35.4. The quantitative estimate of drug-likeness (QED) is 0.310. The lowest BCUT2D eigenvalue weighted by Gasteiger charge is -2.33. The molecule has 13 aliphatic heterocycles. The van der Waals surface area contributed by atoms with Crippen LogP contribution >= 0.6 is 88.0 Å². The van der Waals surface area contributed by atoms with Crippen LogP contribution in [0.4, 0.5) is 0 Å². The van der Waals surface area contributed by atoms with Crippen LogP contribution in [-0.2, 0) is 9.47 Å². The third kappa shape index (κ3) is 1.09. The molecule has 13 heterocycles. The molecule has 33 heavy (non-hydrogen) atoms. The van der Waals surface area contributed by atoms with Gasteiger partial charge in [0.15, 0.2) is 12.6 Å². The highest BCUT2D eigenvalue weighted by molar-refractivity contribution is 8.94. The molecule has 0 aromatic rings. The normalized spacial score (nSPS) is 70.4. The maximum atomic E-state index is 5.61. The second kappa shape index (κ2) is 3.92. The van der Waals surface area contributed by atoms with Gasteiger partial charge in [-0.1, -0.05) is 47.0 Å². The van der Waals surface area contributed by atoms with E-state index in [0.717, 1.165) is 22.7 Å². The molecule has 11 saturated heterocycles. The number of fused-ring (bicyclic) bond motifs is 6. The van der Waals surface area contributed by atoms with Gasteiger partial charge in [0.25, 0.3) is 0 Å². The highest BCUT2D eigenvalue weighted by Crippen LogP contribution is 3.61. The van der Waals surface area contributed by atoms with Crippen LogP contribution in [-0.4, -0.2) is 82.3 Å². The van der Waals surface area contributed by atoms with Gasteiger partial charge in [0, 0.05) is 64.0 Å². The topological polar surface area (TPSA) is 18.5 Å². The summed E-state index contributed by atoms with van der Waals surface area (Å²) in [7, 11) is -2.40. The molecule has 11 fully saturated rings. The zero-order valence-electron chi connectivity index (χ0n) is 17.9. The lowest BCUT2D eigenvalue weighted by Crippen LogP contribution is -2.38. The molecular formula is C23H24O2S8. The Morgan fingerprint density at radius 3 is 1.91 bits per heavy atom. The van der Waals surface area contributed by atoms with Crippen molar-refractivity contribution < 1.29 is 9.47 Å². The van der Waals surface area contributed by atoms with Crippen molar-refractivity contribution in [3.05, 3.63) is 26.8 Å². The molecule has 10 unspecified atom stereocenters. The van der Waals surface area contributed by atoms with Gasteiger partial charge in [-0.25, -0.2) is 16.6 Å². The van der Waals surface area contributed by atoms with Gasteiger partial charge in [-0.2, -0.15) is 0 Å². The molecule has 176 valence electrons. The first-order valence-corrected chi connectivity index (χ1v) is 23.1. The first-order valence-electron chi connectivity index (χ1n) is 12.5. The zero-order chi connectivity index (χ0) is 21.0. The average molecular weight is 589 g/mol. The van der Waals surface area contributed by atoms with Crippen molar-refractivity contribution in [2.75, 3.05) is 17.3 Å². The van der Waals surface area contributed by atoms with E-state index in [9.17, 15) is 0 Å². The lowest BCUT2D eigenvalue weighted by molar-refractivity contribution is -0.375. The lowest BCUT2D eigenvalue weighted by atomic mass is 10.1. The van der Waals surface area contributed by atoms with E-state index in [1.54, 1.807) is 20.0 Å². The summed E-state index contributed by atoms with van der Waals surface area (Å²) in [4.78, 5) is 4.03. The summed E-state index contributed by atoms with van der Waals surface area (Å²) >= 11 is 15.4. The Morgan fingerprint density at radius 2 is 1.45 bits per heavy atom. The van der Waals surface area contributed by atoms with Gasteiger partial charge in [-0.05, 0) is 28.9 Å². The fraction of sp³-hybridized carbons (Fsp3) is 0.739. The summed E-state index contributed by atoms with van der Waals surface area (Å²) in [6.07, 6.45) is 0.966. The Balaban J connectivity index is 0.818. The van der Waals surface area contributed by atoms with Crippen LogP contribution in [0.15, 0.2) is 26.8 Å². The van der Waals surface area contributed by atoms with Crippen molar-refractivity contribution in [2.45, 2.75) is 78.4 Å². The van der Waals surface area contributed by atoms with Crippen molar-refractivity contribution >= 4 is 88.0 Å². The highest BCUT2D eigenvalue weighted by atomic mass is 32.4. The van der Waals surface area contributed by atoms with Gasteiger partial charge >= 0.3 is 0 Å². The molecule has 13 rings (SSSR count). The van der Waals surface area contributed by atoms with Crippen LogP contribution < -0.4 is 0 Å². The standard InChI is InChI=1S/C23H24O2S8/c1-6-24-9(25-6)2-3-27-21-20(26)30-23(31-21)22-28-10(14-18-16-12-7-4-32(7,12,14,16)18)11(29-22)15-19-17-13-8-5-33(8,13,15,17)19/h6-9,12-19,26H,2-5H2,1H3. The van der Waals surface area contributed by atoms with E-state index in [1.165, 1.54) is 50.5 Å². The molecule has 0 radical (unpaired) electrons. The Hall–Kier alpha value is 1.94. The fourth-order valence-corrected chi connectivity index (χ4v) is 51.9. The van der Waals surface area contributed by atoms with Gasteiger partial charge in [0.1, 0.15) is 0 Å². The van der Waals surface area contributed by atoms with Crippen molar-refractivity contribution in [1.29, 1.82) is 0 Å². The van der Waals surface area contributed by atoms with E-state index in [-0.39, 0.29) is 12.6 Å². The average Bonchev–Trinajstić information content (AvgIpc) is 3.47. The number of hydrogen-bond donors (Lipinski definition) is 1. The van der Waals surface area contributed by atoms with Crippen LogP contribution in [0.5, 0.6) is 0 Å². The molecule has 0 aromatic heterocycles. The summed E-state index contributed by atoms with van der Waals surface area (Å²) in [6, 6.07) is 0. The Kier molecular flexibility index (Phi) is 2.17. The summed E-state index contributed by atoms with van der Waals surface area (Å²) in [5.74, 6) is 4.59. The maximum absolute atomic E-state index is 5.61. The summed E-state index contributed by atoms with van der Waals surface area (Å²) in [5, 5.41) is 12.9. The van der Waals surface area contributed by atoms with Crippen molar-refractivity contribution in [3.63, 3.8) is 0 Å². The molecule has 10 heteroatoms. The first kappa shape index (κ1) is 18.3. The van der Waals surface area contributed by atoms with Crippen molar-refractivity contribution in [2.24, 2.45) is 0 Å². The number of hydrogen-bond acceptors (Lipinski definition) is 8. The van der Waals surface area contributed by atoms with Gasteiger partial charge in [0.2, 0.25) is 0 Å². The predicted molar refractivity (Wildman–Crippen MR) is 156 cm³/mol. The van der Waals surface area contributed by atoms with Crippen molar-refractivity contribution in [1.82, 2.24) is 0 Å². The highest BCUT2D eigenvalue weighted by Gasteiger charge is 3.43. The molecular weight excluding hydrogens is 565 g/mol. The third-order valence-electron chi connectivity index (χ3n) is 14.5. The number of rotatable bonds is 6. The minimum absolute atomic E-state index is 0.00870. The molecule has 0 amide bonds. The van der Waals surface area contributed by atoms with Crippen LogP contribution in [0.3, 0.4) is 0 Å². The van der Waals surface area contributed by atoms with E-state index >= 15 is 0 Å². The first-order chi connectivity index (χ1) is 16.0. The van der Waals surface area contributed by atoms with Gasteiger partial charge in [-0.3, -0.25) is 0 Å². The summed E-state index contributed by atoms with van der Waals surface area (Å²) < 4.78 is 17.1. The van der Waals surface area contributed by atoms with Gasteiger partial charge in [0.05, 0.1) is 16.9 Å². The minimum Gasteiger partial charge on any atom is -0.324 e. The number of thiol groups is 1. The van der Waals surface area contributed by atoms with E-state index < -0.39 is 16.6 Å². The molecule has 0 N–H and O–H groups in total. The van der Waals surface area contributed by atoms with Gasteiger partial charge < -0.3 is 9.47 Å². The molecule has 0 saturated carbocycles. The van der Waals surface area contributed by atoms with Crippen LogP contribution in [0.2, 0.25) is 0 Å². The third-order valence-corrected chi connectivity index (χ3v) is 44.1. The number of thioether (sulfide) groups is 5. The van der Waals surface area contributed by atoms with Crippen molar-refractivity contribution in [3.8, 4) is 0 Å². The molecule has 13 aliphatic rings. The van der Waals surface area contributed by atoms with Crippen LogP contribution in [0, 0.1) is 0 Å². The van der Waals surface area contributed by atoms with E-state index in [0.29, 0.717) is 0 Å². The Labute approximate surface area is 218 Å². The molecule has 0 aliphatic carbocycles. The summed E-state index contributed by atoms with van der Waals surface area (Å²) in [5.41, 5.74) is 0. The maximum Gasteiger partial charge on any atom is 0.164 e. The largest absolute Gasteiger partial charge is 0.324 e. The Bertz CT molecular complexity index is 1370. The zero-order valence-corrected chi connectivity index (χ0v) is 24.5. The fourth-order valence-electron chi connectivity index (χ4n) is 12.8. The molecule has 10 atom stereocenters. The molecule has 0 bridgehead atoms. The molecule has 0 aromatic carbocycles. The SMILES string of the molecule is CC1OC(CCSC2=C(S)SC(=C3SC(C4C5C6C7C8CS84756)=C(C4C5C6C7C8CS84756)S3)S2)O1. The second-order valence-electron chi connectivity index (χ2n) is 13.6. The minimum atomic E-state index is -1.20. The van der Waals surface area contributed by atoms with E-state index in [1.807, 2.05) is 52.0 Å². The summed E-state index contributed by atoms with van der Waals surface area (Å²) in [6.45, 7) is 1.97. The van der Waals surface area contributed by atoms with Crippen LogP contribution in [0.25, 0.3) is 0 Å². The monoisotopic (exact) mass is 588 g/mol. The number of ether oxygens (including phenoxy) is 2. The van der Waals surface area contributed by atoms with Crippen LogP contribution in [0.1, 0.15) is 13.3 Å². The molecule has 2 spiro atoms. The van der Waals surface area contributed by atoms with E-state index in [2.05, 4.69) is 23.5 Å². The van der Waals surface area contributed by atoms with E-state index in [4.69, 9.17) is 22.1 Å². The predicted octanol–water partition coefficient (Wildman–Crippen LogP) is 5.76. The smallest absolute Gasteiger partial charge is 0.164 e. The molecule has 2 nitrogen and oxygen atoms in total. The van der Waals surface area contributed by atoms with Gasteiger partial charge in [-0.15, -0.1) is 24.4 Å². The Morgan fingerprint density at radius 1 is 0.848 bits per heavy atom.